The van der Waals surface area contributed by atoms with Gasteiger partial charge in [0.15, 0.2) is 0 Å². The Balaban J connectivity index is 1.38. The molecule has 2 unspecified atom stereocenters. The molecule has 0 radical (unpaired) electrons. The normalized spacial score (nSPS) is 26.1. The van der Waals surface area contributed by atoms with E-state index in [1.165, 1.54) is 32.1 Å². The fourth-order valence-corrected chi connectivity index (χ4v) is 7.34. The van der Waals surface area contributed by atoms with Crippen LogP contribution in [0.1, 0.15) is 77.6 Å². The van der Waals surface area contributed by atoms with Gasteiger partial charge in [0.05, 0.1) is 5.75 Å². The monoisotopic (exact) mass is 492 g/mol. The summed E-state index contributed by atoms with van der Waals surface area (Å²) in [4.78, 5) is 14.3. The van der Waals surface area contributed by atoms with Gasteiger partial charge in [0, 0.05) is 51.0 Å². The first-order valence-corrected chi connectivity index (χ1v) is 15.2. The zero-order valence-corrected chi connectivity index (χ0v) is 21.8. The summed E-state index contributed by atoms with van der Waals surface area (Å²) in [6.07, 6.45) is 14.1. The number of rotatable bonds is 8. The van der Waals surface area contributed by atoms with Gasteiger partial charge < -0.3 is 10.2 Å². The van der Waals surface area contributed by atoms with E-state index in [9.17, 15) is 8.42 Å². The van der Waals surface area contributed by atoms with Crippen LogP contribution in [0.25, 0.3) is 0 Å². The molecular formula is C25H44N6O2S. The second-order valence-corrected chi connectivity index (χ2v) is 12.4. The number of sulfonamides is 1. The number of aromatic nitrogens is 2. The highest BCUT2D eigenvalue weighted by atomic mass is 32.2. The maximum absolute atomic E-state index is 12.8. The minimum atomic E-state index is -3.14. The smallest absolute Gasteiger partial charge is 0.224 e. The van der Waals surface area contributed by atoms with Crippen LogP contribution in [0.5, 0.6) is 0 Å². The number of nitrogens with zero attached hydrogens (tertiary/aromatic N) is 5. The first-order chi connectivity index (χ1) is 16.5. The first-order valence-electron chi connectivity index (χ1n) is 13.6. The van der Waals surface area contributed by atoms with Gasteiger partial charge in [-0.05, 0) is 57.6 Å². The SMILES string of the molecule is CCCCS(=O)(=O)N1CCCC(N2CCCCC(Nc3nccc(N4CCCCCC4)n3)C2)C1. The highest BCUT2D eigenvalue weighted by Crippen LogP contribution is 2.24. The van der Waals surface area contributed by atoms with E-state index in [0.717, 1.165) is 76.5 Å². The molecule has 3 saturated heterocycles. The average molecular weight is 493 g/mol. The van der Waals surface area contributed by atoms with E-state index < -0.39 is 10.0 Å². The molecule has 8 nitrogen and oxygen atoms in total. The number of unbranched alkanes of at least 4 members (excludes halogenated alkanes) is 1. The minimum absolute atomic E-state index is 0.283. The summed E-state index contributed by atoms with van der Waals surface area (Å²) < 4.78 is 27.4. The first kappa shape index (κ1) is 25.6. The van der Waals surface area contributed by atoms with Gasteiger partial charge in [-0.3, -0.25) is 4.90 Å². The zero-order valence-electron chi connectivity index (χ0n) is 21.0. The van der Waals surface area contributed by atoms with Crippen LogP contribution < -0.4 is 10.2 Å². The van der Waals surface area contributed by atoms with Crippen molar-refractivity contribution in [3.8, 4) is 0 Å². The van der Waals surface area contributed by atoms with Gasteiger partial charge in [0.25, 0.3) is 0 Å². The van der Waals surface area contributed by atoms with Crippen LogP contribution in [0.2, 0.25) is 0 Å². The Labute approximate surface area is 206 Å². The third kappa shape index (κ3) is 7.04. The maximum atomic E-state index is 12.8. The lowest BCUT2D eigenvalue weighted by atomic mass is 10.1. The van der Waals surface area contributed by atoms with Crippen molar-refractivity contribution in [2.45, 2.75) is 89.6 Å². The van der Waals surface area contributed by atoms with Gasteiger partial charge >= 0.3 is 0 Å². The Kier molecular flexibility index (Phi) is 9.42. The molecule has 0 aromatic carbocycles. The van der Waals surface area contributed by atoms with Gasteiger partial charge in [-0.2, -0.15) is 4.98 Å². The van der Waals surface area contributed by atoms with Crippen molar-refractivity contribution in [3.63, 3.8) is 0 Å². The van der Waals surface area contributed by atoms with E-state index in [1.54, 1.807) is 4.31 Å². The molecule has 192 valence electrons. The number of nitrogens with one attached hydrogen (secondary N) is 1. The van der Waals surface area contributed by atoms with Crippen LogP contribution in [-0.2, 0) is 10.0 Å². The highest BCUT2D eigenvalue weighted by molar-refractivity contribution is 7.89. The van der Waals surface area contributed by atoms with Crippen molar-refractivity contribution < 1.29 is 8.42 Å². The Bertz CT molecular complexity index is 859. The van der Waals surface area contributed by atoms with Gasteiger partial charge in [-0.25, -0.2) is 17.7 Å². The van der Waals surface area contributed by atoms with Crippen LogP contribution in [-0.4, -0.2) is 84.7 Å². The van der Waals surface area contributed by atoms with Crippen LogP contribution in [0.15, 0.2) is 12.3 Å². The van der Waals surface area contributed by atoms with Crippen LogP contribution in [0.3, 0.4) is 0 Å². The molecule has 4 rings (SSSR count). The number of likely N-dealkylation sites (tertiary alicyclic amines) is 1. The molecule has 4 heterocycles. The maximum Gasteiger partial charge on any atom is 0.224 e. The van der Waals surface area contributed by atoms with Crippen molar-refractivity contribution in [1.82, 2.24) is 19.2 Å². The average Bonchev–Trinajstić information content (AvgIpc) is 3.27. The molecule has 0 bridgehead atoms. The van der Waals surface area contributed by atoms with Crippen molar-refractivity contribution in [3.05, 3.63) is 12.3 Å². The molecule has 1 aromatic heterocycles. The molecule has 0 spiro atoms. The molecule has 1 N–H and O–H groups in total. The van der Waals surface area contributed by atoms with E-state index >= 15 is 0 Å². The second-order valence-electron chi connectivity index (χ2n) is 10.3. The lowest BCUT2D eigenvalue weighted by molar-refractivity contribution is 0.136. The summed E-state index contributed by atoms with van der Waals surface area (Å²) in [6.45, 7) is 7.48. The number of hydrogen-bond acceptors (Lipinski definition) is 7. The Morgan fingerprint density at radius 3 is 2.56 bits per heavy atom. The van der Waals surface area contributed by atoms with E-state index in [2.05, 4.69) is 20.1 Å². The van der Waals surface area contributed by atoms with Crippen LogP contribution in [0.4, 0.5) is 11.8 Å². The molecule has 0 saturated carbocycles. The van der Waals surface area contributed by atoms with Gasteiger partial charge in [0.1, 0.15) is 5.82 Å². The molecule has 0 amide bonds. The lowest BCUT2D eigenvalue weighted by Gasteiger charge is -2.39. The van der Waals surface area contributed by atoms with Crippen LogP contribution >= 0.6 is 0 Å². The molecule has 3 aliphatic heterocycles. The predicted molar refractivity (Wildman–Crippen MR) is 139 cm³/mol. The predicted octanol–water partition coefficient (Wildman–Crippen LogP) is 3.72. The third-order valence-electron chi connectivity index (χ3n) is 7.63. The summed E-state index contributed by atoms with van der Waals surface area (Å²) in [6, 6.07) is 2.62. The van der Waals surface area contributed by atoms with Crippen molar-refractivity contribution in [2.24, 2.45) is 0 Å². The largest absolute Gasteiger partial charge is 0.356 e. The van der Waals surface area contributed by atoms with Gasteiger partial charge in [0.2, 0.25) is 16.0 Å². The van der Waals surface area contributed by atoms with Gasteiger partial charge in [-0.15, -0.1) is 0 Å². The minimum Gasteiger partial charge on any atom is -0.356 e. The summed E-state index contributed by atoms with van der Waals surface area (Å²) >= 11 is 0. The highest BCUT2D eigenvalue weighted by Gasteiger charge is 2.33. The summed E-state index contributed by atoms with van der Waals surface area (Å²) in [5.74, 6) is 2.04. The molecule has 3 aliphatic rings. The molecule has 0 aliphatic carbocycles. The van der Waals surface area contributed by atoms with E-state index in [-0.39, 0.29) is 11.8 Å². The Morgan fingerprint density at radius 2 is 1.76 bits per heavy atom. The topological polar surface area (TPSA) is 81.7 Å². The Hall–Kier alpha value is -1.45. The van der Waals surface area contributed by atoms with E-state index in [0.29, 0.717) is 19.1 Å². The molecule has 9 heteroatoms. The van der Waals surface area contributed by atoms with Crippen molar-refractivity contribution >= 4 is 21.8 Å². The molecule has 3 fully saturated rings. The number of piperidine rings is 1. The molecular weight excluding hydrogens is 448 g/mol. The lowest BCUT2D eigenvalue weighted by Crippen LogP contribution is -2.52. The molecule has 2 atom stereocenters. The van der Waals surface area contributed by atoms with Crippen molar-refractivity contribution in [1.29, 1.82) is 0 Å². The quantitative estimate of drug-likeness (QED) is 0.592. The fourth-order valence-electron chi connectivity index (χ4n) is 5.63. The zero-order chi connectivity index (χ0) is 23.8. The van der Waals surface area contributed by atoms with Crippen LogP contribution in [0, 0.1) is 0 Å². The molecule has 1 aromatic rings. The van der Waals surface area contributed by atoms with Crippen molar-refractivity contribution in [2.75, 3.05) is 55.2 Å². The summed E-state index contributed by atoms with van der Waals surface area (Å²) in [5, 5.41) is 3.63. The second kappa shape index (κ2) is 12.5. The van der Waals surface area contributed by atoms with E-state index in [4.69, 9.17) is 4.98 Å². The number of hydrogen-bond donors (Lipinski definition) is 1. The Morgan fingerprint density at radius 1 is 0.971 bits per heavy atom. The fraction of sp³-hybridized carbons (Fsp3) is 0.840. The van der Waals surface area contributed by atoms with Gasteiger partial charge in [-0.1, -0.05) is 32.6 Å². The number of anilines is 2. The third-order valence-corrected chi connectivity index (χ3v) is 9.55. The summed E-state index contributed by atoms with van der Waals surface area (Å²) in [5.41, 5.74) is 0. The van der Waals surface area contributed by atoms with E-state index in [1.807, 2.05) is 19.2 Å². The summed E-state index contributed by atoms with van der Waals surface area (Å²) in [7, 11) is -3.14. The molecule has 34 heavy (non-hydrogen) atoms. The standard InChI is InChI=1S/C25H44N6O2S/c1-2-3-19-34(32,33)31-18-10-12-23(21-31)30-17-9-6-11-22(20-30)27-25-26-14-13-24(28-25)29-15-7-4-5-8-16-29/h13-14,22-23H,2-12,15-21H2,1H3,(H,26,27,28).